The third kappa shape index (κ3) is 4.62. The number of aromatic nitrogens is 4. The van der Waals surface area contributed by atoms with Crippen LogP contribution >= 0.6 is 0 Å². The number of fused-ring (bicyclic) bond motifs is 1. The van der Waals surface area contributed by atoms with Crippen LogP contribution < -0.4 is 15.8 Å². The van der Waals surface area contributed by atoms with E-state index in [1.54, 1.807) is 16.9 Å². The lowest BCUT2D eigenvalue weighted by molar-refractivity contribution is 0.100. The number of primary amides is 1. The number of sulfonamides is 1. The second-order valence-corrected chi connectivity index (χ2v) is 10.1. The fourth-order valence-electron chi connectivity index (χ4n) is 4.21. The number of hydrogen-bond donors (Lipinski definition) is 2. The van der Waals surface area contributed by atoms with E-state index in [2.05, 4.69) is 20.4 Å². The largest absolute Gasteiger partial charge is 0.467 e. The molecule has 33 heavy (non-hydrogen) atoms. The summed E-state index contributed by atoms with van der Waals surface area (Å²) in [7, 11) is -1.76. The molecule has 1 saturated heterocycles. The number of carbonyl (C=O) groups excluding carboxylic acids is 1. The number of rotatable bonds is 7. The molecule has 1 fully saturated rings. The van der Waals surface area contributed by atoms with E-state index in [1.165, 1.54) is 23.9 Å². The maximum Gasteiger partial charge on any atom is 0.316 e. The minimum Gasteiger partial charge on any atom is -0.467 e. The number of methoxy groups -OCH3 is 1. The van der Waals surface area contributed by atoms with E-state index < -0.39 is 15.9 Å². The van der Waals surface area contributed by atoms with Crippen molar-refractivity contribution >= 4 is 27.1 Å². The molecule has 12 heteroatoms. The fourth-order valence-corrected chi connectivity index (χ4v) is 5.11. The standard InChI is InChI=1S/C21H27N7O4S/c1-4-13-11-27(33(3,30)31)6-5-17(13)26-19-16(20(22)29)10-25-28-12-14(7-18(19)28)15-8-23-21(32-2)24-9-15/h7-10,12-13,17,26H,4-6,11H2,1-3H3,(H2,22,29)/t13-,17-/m1/s1. The summed E-state index contributed by atoms with van der Waals surface area (Å²) in [6, 6.07) is 2.13. The van der Waals surface area contributed by atoms with Crippen LogP contribution in [0.4, 0.5) is 5.69 Å². The number of hydrogen-bond acceptors (Lipinski definition) is 8. The van der Waals surface area contributed by atoms with Gasteiger partial charge in [0.2, 0.25) is 10.0 Å². The Bertz CT molecular complexity index is 1270. The van der Waals surface area contributed by atoms with Crippen molar-refractivity contribution in [3.63, 3.8) is 0 Å². The molecule has 1 amide bonds. The molecule has 11 nitrogen and oxygen atoms in total. The van der Waals surface area contributed by atoms with Gasteiger partial charge in [-0.2, -0.15) is 5.10 Å². The third-order valence-corrected chi connectivity index (χ3v) is 7.34. The first-order valence-electron chi connectivity index (χ1n) is 10.6. The van der Waals surface area contributed by atoms with Crippen LogP contribution in [0.15, 0.2) is 30.9 Å². The monoisotopic (exact) mass is 473 g/mol. The van der Waals surface area contributed by atoms with E-state index in [4.69, 9.17) is 10.5 Å². The van der Waals surface area contributed by atoms with Gasteiger partial charge in [0.25, 0.3) is 5.91 Å². The van der Waals surface area contributed by atoms with Gasteiger partial charge in [0.15, 0.2) is 0 Å². The Balaban J connectivity index is 1.71. The molecule has 2 atom stereocenters. The average Bonchev–Trinajstić information content (AvgIpc) is 3.23. The van der Waals surface area contributed by atoms with E-state index in [0.717, 1.165) is 17.5 Å². The normalized spacial score (nSPS) is 19.5. The number of anilines is 1. The highest BCUT2D eigenvalue weighted by Gasteiger charge is 2.33. The molecule has 0 saturated carbocycles. The lowest BCUT2D eigenvalue weighted by atomic mass is 9.90. The second-order valence-electron chi connectivity index (χ2n) is 8.14. The molecule has 4 heterocycles. The highest BCUT2D eigenvalue weighted by molar-refractivity contribution is 7.88. The van der Waals surface area contributed by atoms with Gasteiger partial charge >= 0.3 is 6.01 Å². The Morgan fingerprint density at radius 3 is 2.61 bits per heavy atom. The molecule has 4 rings (SSSR count). The van der Waals surface area contributed by atoms with Crippen LogP contribution in [0.3, 0.4) is 0 Å². The quantitative estimate of drug-likeness (QED) is 0.523. The summed E-state index contributed by atoms with van der Waals surface area (Å²) in [5, 5.41) is 7.84. The molecule has 1 aliphatic rings. The van der Waals surface area contributed by atoms with Crippen molar-refractivity contribution in [2.24, 2.45) is 11.7 Å². The molecule has 0 unspecified atom stereocenters. The minimum absolute atomic E-state index is 0.0278. The van der Waals surface area contributed by atoms with Gasteiger partial charge in [0, 0.05) is 48.8 Å². The number of nitrogens with one attached hydrogen (secondary N) is 1. The molecular formula is C21H27N7O4S. The number of amides is 1. The average molecular weight is 474 g/mol. The van der Waals surface area contributed by atoms with Gasteiger partial charge in [-0.25, -0.2) is 27.2 Å². The van der Waals surface area contributed by atoms with Crippen LogP contribution in [0, 0.1) is 5.92 Å². The zero-order valence-corrected chi connectivity index (χ0v) is 19.5. The Morgan fingerprint density at radius 2 is 2.00 bits per heavy atom. The molecule has 0 aliphatic carbocycles. The van der Waals surface area contributed by atoms with Crippen molar-refractivity contribution in [1.82, 2.24) is 23.9 Å². The third-order valence-electron chi connectivity index (χ3n) is 6.07. The molecule has 1 aliphatic heterocycles. The van der Waals surface area contributed by atoms with Crippen LogP contribution in [-0.4, -0.2) is 70.7 Å². The van der Waals surface area contributed by atoms with Crippen LogP contribution in [0.2, 0.25) is 0 Å². The molecule has 0 aromatic carbocycles. The van der Waals surface area contributed by atoms with Gasteiger partial charge in [0.05, 0.1) is 36.3 Å². The number of nitrogens with zero attached hydrogens (tertiary/aromatic N) is 5. The van der Waals surface area contributed by atoms with Crippen LogP contribution in [0.25, 0.3) is 16.6 Å². The zero-order valence-electron chi connectivity index (χ0n) is 18.7. The number of ether oxygens (including phenoxy) is 1. The van der Waals surface area contributed by atoms with Gasteiger partial charge in [-0.15, -0.1) is 0 Å². The molecule has 0 bridgehead atoms. The summed E-state index contributed by atoms with van der Waals surface area (Å²) in [6.45, 7) is 2.87. The van der Waals surface area contributed by atoms with E-state index in [-0.39, 0.29) is 23.5 Å². The van der Waals surface area contributed by atoms with Crippen molar-refractivity contribution < 1.29 is 17.9 Å². The first kappa shape index (κ1) is 22.9. The predicted molar refractivity (Wildman–Crippen MR) is 124 cm³/mol. The second kappa shape index (κ2) is 8.94. The number of carbonyl (C=O) groups is 1. The Hall–Kier alpha value is -3.25. The van der Waals surface area contributed by atoms with Crippen molar-refractivity contribution in [3.05, 3.63) is 36.4 Å². The van der Waals surface area contributed by atoms with Crippen LogP contribution in [0.5, 0.6) is 6.01 Å². The smallest absolute Gasteiger partial charge is 0.316 e. The Morgan fingerprint density at radius 1 is 1.27 bits per heavy atom. The lowest BCUT2D eigenvalue weighted by Gasteiger charge is -2.38. The van der Waals surface area contributed by atoms with E-state index in [1.807, 2.05) is 19.2 Å². The van der Waals surface area contributed by atoms with Crippen LogP contribution in [0.1, 0.15) is 30.1 Å². The highest BCUT2D eigenvalue weighted by Crippen LogP contribution is 2.32. The lowest BCUT2D eigenvalue weighted by Crippen LogP contribution is -2.48. The molecule has 3 aromatic heterocycles. The van der Waals surface area contributed by atoms with Crippen molar-refractivity contribution in [3.8, 4) is 17.1 Å². The minimum atomic E-state index is -3.26. The summed E-state index contributed by atoms with van der Waals surface area (Å²) in [5.41, 5.74) is 8.77. The summed E-state index contributed by atoms with van der Waals surface area (Å²) in [5.74, 6) is -0.517. The highest BCUT2D eigenvalue weighted by atomic mass is 32.2. The molecular weight excluding hydrogens is 446 g/mol. The number of piperidine rings is 1. The van der Waals surface area contributed by atoms with Crippen molar-refractivity contribution in [1.29, 1.82) is 0 Å². The summed E-state index contributed by atoms with van der Waals surface area (Å²) >= 11 is 0. The Labute approximate surface area is 192 Å². The number of nitrogens with two attached hydrogens (primary N) is 1. The van der Waals surface area contributed by atoms with Gasteiger partial charge in [-0.05, 0) is 18.4 Å². The maximum absolute atomic E-state index is 12.2. The maximum atomic E-state index is 12.2. The zero-order chi connectivity index (χ0) is 23.8. The van der Waals surface area contributed by atoms with Crippen LogP contribution in [-0.2, 0) is 10.0 Å². The van der Waals surface area contributed by atoms with Gasteiger partial charge in [0.1, 0.15) is 0 Å². The van der Waals surface area contributed by atoms with E-state index in [0.29, 0.717) is 30.7 Å². The van der Waals surface area contributed by atoms with Gasteiger partial charge in [-0.3, -0.25) is 4.79 Å². The SMILES string of the molecule is CC[C@@H]1CN(S(C)(=O)=O)CC[C@H]1Nc1c(C(N)=O)cnn2cc(-c3cnc(OC)nc3)cc12. The van der Waals surface area contributed by atoms with Crippen molar-refractivity contribution in [2.45, 2.75) is 25.8 Å². The molecule has 3 N–H and O–H groups in total. The topological polar surface area (TPSA) is 145 Å². The fraction of sp³-hybridized carbons (Fsp3) is 0.429. The first-order valence-corrected chi connectivity index (χ1v) is 12.4. The summed E-state index contributed by atoms with van der Waals surface area (Å²) < 4.78 is 32.2. The van der Waals surface area contributed by atoms with Gasteiger partial charge < -0.3 is 15.8 Å². The Kier molecular flexibility index (Phi) is 6.21. The van der Waals surface area contributed by atoms with E-state index in [9.17, 15) is 13.2 Å². The molecule has 3 aromatic rings. The van der Waals surface area contributed by atoms with Gasteiger partial charge in [-0.1, -0.05) is 13.3 Å². The first-order chi connectivity index (χ1) is 15.7. The summed E-state index contributed by atoms with van der Waals surface area (Å²) in [6.07, 6.45) is 9.19. The summed E-state index contributed by atoms with van der Waals surface area (Å²) in [4.78, 5) is 20.5. The van der Waals surface area contributed by atoms with E-state index >= 15 is 0 Å². The molecule has 176 valence electrons. The molecule has 0 radical (unpaired) electrons. The predicted octanol–water partition coefficient (Wildman–Crippen LogP) is 1.37. The molecule has 0 spiro atoms. The van der Waals surface area contributed by atoms with Crippen molar-refractivity contribution in [2.75, 3.05) is 31.8 Å².